The van der Waals surface area contributed by atoms with Gasteiger partial charge in [0.25, 0.3) is 0 Å². The molecule has 2 aromatic rings. The second-order valence-electron chi connectivity index (χ2n) is 5.77. The summed E-state index contributed by atoms with van der Waals surface area (Å²) in [6.07, 6.45) is 4.27. The van der Waals surface area contributed by atoms with Crippen LogP contribution in [0.1, 0.15) is 24.2 Å². The third kappa shape index (κ3) is 3.86. The van der Waals surface area contributed by atoms with E-state index in [2.05, 4.69) is 46.3 Å². The van der Waals surface area contributed by atoms with Crippen molar-refractivity contribution in [1.29, 1.82) is 0 Å². The van der Waals surface area contributed by atoms with E-state index in [4.69, 9.17) is 0 Å². The summed E-state index contributed by atoms with van der Waals surface area (Å²) in [7, 11) is 2.01. The smallest absolute Gasteiger partial charge is 0.146 e. The van der Waals surface area contributed by atoms with Crippen molar-refractivity contribution in [2.45, 2.75) is 36.5 Å². The number of piperidine rings is 1. The first-order valence-corrected chi connectivity index (χ1v) is 8.37. The van der Waals surface area contributed by atoms with E-state index in [9.17, 15) is 0 Å². The second-order valence-corrected chi connectivity index (χ2v) is 7.14. The Morgan fingerprint density at radius 1 is 1.29 bits per heavy atom. The molecule has 0 aliphatic carbocycles. The molecule has 4 nitrogen and oxygen atoms in total. The van der Waals surface area contributed by atoms with E-state index in [1.54, 1.807) is 6.33 Å². The quantitative estimate of drug-likeness (QED) is 0.869. The standard InChI is InChI=1S/C16H22N4S/c1-13-4-3-5-15(10-13)21-14-6-8-20(9-7-14)11-16-18-17-12-19(16)2/h3-5,10,12,14H,6-9,11H2,1-2H3. The van der Waals surface area contributed by atoms with Crippen molar-refractivity contribution >= 4 is 11.8 Å². The number of thioether (sulfide) groups is 1. The molecule has 0 radical (unpaired) electrons. The van der Waals surface area contributed by atoms with Gasteiger partial charge in [-0.05, 0) is 45.0 Å². The van der Waals surface area contributed by atoms with Gasteiger partial charge in [0.05, 0.1) is 6.54 Å². The van der Waals surface area contributed by atoms with Crippen molar-refractivity contribution < 1.29 is 0 Å². The van der Waals surface area contributed by atoms with Gasteiger partial charge < -0.3 is 4.57 Å². The predicted molar refractivity (Wildman–Crippen MR) is 86.3 cm³/mol. The zero-order chi connectivity index (χ0) is 14.7. The van der Waals surface area contributed by atoms with E-state index in [1.165, 1.54) is 23.3 Å². The highest BCUT2D eigenvalue weighted by Gasteiger charge is 2.21. The zero-order valence-corrected chi connectivity index (χ0v) is 13.5. The fourth-order valence-corrected chi connectivity index (χ4v) is 3.96. The minimum atomic E-state index is 0.738. The highest BCUT2D eigenvalue weighted by atomic mass is 32.2. The molecule has 0 amide bonds. The van der Waals surface area contributed by atoms with E-state index in [0.717, 1.165) is 30.7 Å². The topological polar surface area (TPSA) is 34.0 Å². The Morgan fingerprint density at radius 2 is 2.10 bits per heavy atom. The first-order chi connectivity index (χ1) is 10.2. The van der Waals surface area contributed by atoms with E-state index < -0.39 is 0 Å². The van der Waals surface area contributed by atoms with Crippen LogP contribution >= 0.6 is 11.8 Å². The summed E-state index contributed by atoms with van der Waals surface area (Å²) in [6.45, 7) is 5.37. The molecule has 1 aliphatic rings. The van der Waals surface area contributed by atoms with Crippen LogP contribution in [-0.2, 0) is 13.6 Å². The minimum absolute atomic E-state index is 0.738. The van der Waals surface area contributed by atoms with E-state index in [1.807, 2.05) is 23.4 Å². The molecule has 3 rings (SSSR count). The number of nitrogens with zero attached hydrogens (tertiary/aromatic N) is 4. The molecule has 0 spiro atoms. The van der Waals surface area contributed by atoms with Crippen LogP contribution < -0.4 is 0 Å². The molecule has 1 aromatic carbocycles. The van der Waals surface area contributed by atoms with Gasteiger partial charge in [-0.2, -0.15) is 0 Å². The summed E-state index contributed by atoms with van der Waals surface area (Å²) in [5, 5.41) is 8.86. The molecule has 1 saturated heterocycles. The number of benzene rings is 1. The number of hydrogen-bond donors (Lipinski definition) is 0. The van der Waals surface area contributed by atoms with Crippen LogP contribution in [0.2, 0.25) is 0 Å². The van der Waals surface area contributed by atoms with Crippen molar-refractivity contribution in [2.75, 3.05) is 13.1 Å². The lowest BCUT2D eigenvalue weighted by molar-refractivity contribution is 0.217. The molecule has 0 saturated carbocycles. The molecule has 1 fully saturated rings. The molecule has 0 bridgehead atoms. The van der Waals surface area contributed by atoms with Crippen molar-refractivity contribution in [3.8, 4) is 0 Å². The predicted octanol–water partition coefficient (Wildman–Crippen LogP) is 2.88. The minimum Gasteiger partial charge on any atom is -0.320 e. The van der Waals surface area contributed by atoms with Crippen LogP contribution in [0.5, 0.6) is 0 Å². The van der Waals surface area contributed by atoms with Gasteiger partial charge >= 0.3 is 0 Å². The lowest BCUT2D eigenvalue weighted by Gasteiger charge is -2.31. The summed E-state index contributed by atoms with van der Waals surface area (Å²) in [6, 6.07) is 8.83. The van der Waals surface area contributed by atoms with Gasteiger partial charge in [0.2, 0.25) is 0 Å². The highest BCUT2D eigenvalue weighted by Crippen LogP contribution is 2.31. The van der Waals surface area contributed by atoms with Crippen LogP contribution in [0.4, 0.5) is 0 Å². The third-order valence-electron chi connectivity index (χ3n) is 4.00. The summed E-state index contributed by atoms with van der Waals surface area (Å²) in [5.41, 5.74) is 1.35. The van der Waals surface area contributed by atoms with Crippen molar-refractivity contribution in [2.24, 2.45) is 7.05 Å². The average Bonchev–Trinajstić information content (AvgIpc) is 2.87. The lowest BCUT2D eigenvalue weighted by atomic mass is 10.1. The zero-order valence-electron chi connectivity index (χ0n) is 12.7. The number of rotatable bonds is 4. The Kier molecular flexibility index (Phi) is 4.60. The lowest BCUT2D eigenvalue weighted by Crippen LogP contribution is -2.35. The number of aromatic nitrogens is 3. The van der Waals surface area contributed by atoms with Crippen molar-refractivity contribution in [3.05, 3.63) is 42.0 Å². The molecule has 21 heavy (non-hydrogen) atoms. The SMILES string of the molecule is Cc1cccc(SC2CCN(Cc3nncn3C)CC2)c1. The first kappa shape index (κ1) is 14.6. The normalized spacial score (nSPS) is 17.2. The fraction of sp³-hybridized carbons (Fsp3) is 0.500. The Hall–Kier alpha value is -1.33. The van der Waals surface area contributed by atoms with Crippen LogP contribution in [0.15, 0.2) is 35.5 Å². The molecule has 0 atom stereocenters. The summed E-state index contributed by atoms with van der Waals surface area (Å²) in [5.74, 6) is 1.06. The molecule has 5 heteroatoms. The highest BCUT2D eigenvalue weighted by molar-refractivity contribution is 8.00. The van der Waals surface area contributed by atoms with Gasteiger partial charge in [-0.1, -0.05) is 17.7 Å². The third-order valence-corrected chi connectivity index (χ3v) is 5.33. The van der Waals surface area contributed by atoms with E-state index in [-0.39, 0.29) is 0 Å². The van der Waals surface area contributed by atoms with Crippen LogP contribution in [0.25, 0.3) is 0 Å². The maximum absolute atomic E-state index is 4.17. The second kappa shape index (κ2) is 6.62. The summed E-state index contributed by atoms with van der Waals surface area (Å²) >= 11 is 2.03. The van der Waals surface area contributed by atoms with E-state index >= 15 is 0 Å². The van der Waals surface area contributed by atoms with Crippen molar-refractivity contribution in [3.63, 3.8) is 0 Å². The Bertz CT molecular complexity index is 587. The maximum atomic E-state index is 4.17. The largest absolute Gasteiger partial charge is 0.320 e. The number of aryl methyl sites for hydroxylation is 2. The molecule has 1 aliphatic heterocycles. The molecule has 0 N–H and O–H groups in total. The molecule has 2 heterocycles. The van der Waals surface area contributed by atoms with Crippen molar-refractivity contribution in [1.82, 2.24) is 19.7 Å². The van der Waals surface area contributed by atoms with Gasteiger partial charge in [0.1, 0.15) is 12.2 Å². The van der Waals surface area contributed by atoms with Gasteiger partial charge in [-0.25, -0.2) is 0 Å². The molecule has 0 unspecified atom stereocenters. The van der Waals surface area contributed by atoms with Gasteiger partial charge in [-0.15, -0.1) is 22.0 Å². The van der Waals surface area contributed by atoms with Crippen LogP contribution in [-0.4, -0.2) is 38.0 Å². The molecule has 1 aromatic heterocycles. The Labute approximate surface area is 130 Å². The van der Waals surface area contributed by atoms with Gasteiger partial charge in [0, 0.05) is 17.2 Å². The first-order valence-electron chi connectivity index (χ1n) is 7.49. The van der Waals surface area contributed by atoms with Crippen LogP contribution in [0, 0.1) is 6.92 Å². The van der Waals surface area contributed by atoms with E-state index in [0.29, 0.717) is 0 Å². The number of likely N-dealkylation sites (tertiary alicyclic amines) is 1. The average molecular weight is 302 g/mol. The summed E-state index contributed by atoms with van der Waals surface area (Å²) < 4.78 is 2.01. The Morgan fingerprint density at radius 3 is 2.76 bits per heavy atom. The number of hydrogen-bond acceptors (Lipinski definition) is 4. The fourth-order valence-electron chi connectivity index (χ4n) is 2.72. The Balaban J connectivity index is 1.50. The summed E-state index contributed by atoms with van der Waals surface area (Å²) in [4.78, 5) is 3.89. The van der Waals surface area contributed by atoms with Gasteiger partial charge in [0.15, 0.2) is 0 Å². The maximum Gasteiger partial charge on any atom is 0.146 e. The van der Waals surface area contributed by atoms with Gasteiger partial charge in [-0.3, -0.25) is 4.90 Å². The molecule has 112 valence electrons. The van der Waals surface area contributed by atoms with Crippen LogP contribution in [0.3, 0.4) is 0 Å². The monoisotopic (exact) mass is 302 g/mol. The molecular formula is C16H22N4S. The molecular weight excluding hydrogens is 280 g/mol.